The van der Waals surface area contributed by atoms with Gasteiger partial charge < -0.3 is 14.4 Å². The Morgan fingerprint density at radius 2 is 2.00 bits per heavy atom. The van der Waals surface area contributed by atoms with Gasteiger partial charge in [0.1, 0.15) is 0 Å². The maximum absolute atomic E-state index is 12.2. The maximum atomic E-state index is 12.2. The molecule has 1 saturated heterocycles. The Labute approximate surface area is 119 Å². The summed E-state index contributed by atoms with van der Waals surface area (Å²) in [7, 11) is 1.32. The normalized spacial score (nSPS) is 15.2. The van der Waals surface area contributed by atoms with E-state index in [1.54, 1.807) is 23.1 Å². The largest absolute Gasteiger partial charge is 0.465 e. The zero-order valence-electron chi connectivity index (χ0n) is 10.5. The lowest BCUT2D eigenvalue weighted by atomic mass is 10.1. The lowest BCUT2D eigenvalue weighted by molar-refractivity contribution is 0.0302. The Hall–Kier alpha value is -1.40. The molecule has 0 atom stereocenters. The van der Waals surface area contributed by atoms with Gasteiger partial charge in [0.05, 0.1) is 25.9 Å². The van der Waals surface area contributed by atoms with Crippen molar-refractivity contribution >= 4 is 27.8 Å². The van der Waals surface area contributed by atoms with E-state index in [1.807, 2.05) is 0 Å². The van der Waals surface area contributed by atoms with Crippen molar-refractivity contribution in [3.05, 3.63) is 33.8 Å². The van der Waals surface area contributed by atoms with E-state index >= 15 is 0 Å². The molecule has 19 heavy (non-hydrogen) atoms. The number of hydrogen-bond donors (Lipinski definition) is 0. The molecule has 1 aromatic rings. The molecule has 0 unspecified atom stereocenters. The minimum absolute atomic E-state index is 0.0552. The van der Waals surface area contributed by atoms with E-state index in [2.05, 4.69) is 20.7 Å². The van der Waals surface area contributed by atoms with E-state index in [9.17, 15) is 9.59 Å². The molecule has 0 N–H and O–H groups in total. The van der Waals surface area contributed by atoms with E-state index in [-0.39, 0.29) is 5.91 Å². The fraction of sp³-hybridized carbons (Fsp3) is 0.385. The van der Waals surface area contributed by atoms with E-state index in [1.165, 1.54) is 7.11 Å². The first-order chi connectivity index (χ1) is 9.13. The number of hydrogen-bond acceptors (Lipinski definition) is 4. The van der Waals surface area contributed by atoms with Crippen molar-refractivity contribution in [3.8, 4) is 0 Å². The third-order valence-corrected chi connectivity index (χ3v) is 3.58. The van der Waals surface area contributed by atoms with Crippen LogP contribution in [-0.2, 0) is 9.47 Å². The predicted molar refractivity (Wildman–Crippen MR) is 72.2 cm³/mol. The van der Waals surface area contributed by atoms with Crippen molar-refractivity contribution in [2.24, 2.45) is 0 Å². The summed E-state index contributed by atoms with van der Waals surface area (Å²) in [5.41, 5.74) is 0.947. The Morgan fingerprint density at radius 3 is 2.58 bits per heavy atom. The van der Waals surface area contributed by atoms with Gasteiger partial charge in [0.15, 0.2) is 0 Å². The van der Waals surface area contributed by atoms with Crippen LogP contribution in [0, 0.1) is 0 Å². The number of nitrogens with zero attached hydrogens (tertiary/aromatic N) is 1. The lowest BCUT2D eigenvalue weighted by Gasteiger charge is -2.27. The molecule has 1 fully saturated rings. The second-order valence-corrected chi connectivity index (χ2v) is 4.95. The molecule has 1 aliphatic heterocycles. The van der Waals surface area contributed by atoms with E-state index < -0.39 is 5.97 Å². The molecule has 0 aromatic heterocycles. The van der Waals surface area contributed by atoms with Crippen LogP contribution in [0.4, 0.5) is 0 Å². The SMILES string of the molecule is COC(=O)c1ccc(C(=O)N2CCOCC2)cc1Br. The Balaban J connectivity index is 2.19. The molecule has 0 aliphatic carbocycles. The highest BCUT2D eigenvalue weighted by atomic mass is 79.9. The van der Waals surface area contributed by atoms with Gasteiger partial charge in [-0.05, 0) is 34.1 Å². The first kappa shape index (κ1) is 14.0. The van der Waals surface area contributed by atoms with Crippen LogP contribution in [0.5, 0.6) is 0 Å². The van der Waals surface area contributed by atoms with Gasteiger partial charge in [-0.1, -0.05) is 0 Å². The summed E-state index contributed by atoms with van der Waals surface area (Å²) >= 11 is 3.28. The molecule has 0 bridgehead atoms. The zero-order chi connectivity index (χ0) is 13.8. The fourth-order valence-corrected chi connectivity index (χ4v) is 2.41. The number of ether oxygens (including phenoxy) is 2. The molecule has 1 heterocycles. The number of carbonyl (C=O) groups excluding carboxylic acids is 2. The van der Waals surface area contributed by atoms with Gasteiger partial charge in [0.25, 0.3) is 5.91 Å². The van der Waals surface area contributed by atoms with Gasteiger partial charge in [-0.3, -0.25) is 4.79 Å². The highest BCUT2D eigenvalue weighted by molar-refractivity contribution is 9.10. The molecule has 1 aromatic carbocycles. The van der Waals surface area contributed by atoms with Crippen LogP contribution < -0.4 is 0 Å². The minimum atomic E-state index is -0.433. The number of morpholine rings is 1. The number of halogens is 1. The van der Waals surface area contributed by atoms with Crippen LogP contribution in [0.25, 0.3) is 0 Å². The Kier molecular flexibility index (Phi) is 4.55. The molecule has 0 saturated carbocycles. The number of carbonyl (C=O) groups is 2. The molecule has 1 aliphatic rings. The van der Waals surface area contributed by atoms with Gasteiger partial charge in [-0.25, -0.2) is 4.79 Å². The summed E-state index contributed by atoms with van der Waals surface area (Å²) in [6.45, 7) is 2.31. The summed E-state index contributed by atoms with van der Waals surface area (Å²) in [4.78, 5) is 25.4. The van der Waals surface area contributed by atoms with Crippen molar-refractivity contribution in [2.75, 3.05) is 33.4 Å². The second-order valence-electron chi connectivity index (χ2n) is 4.09. The second kappa shape index (κ2) is 6.16. The predicted octanol–water partition coefficient (Wildman–Crippen LogP) is 1.71. The first-order valence-electron chi connectivity index (χ1n) is 5.88. The van der Waals surface area contributed by atoms with E-state index in [0.29, 0.717) is 41.9 Å². The Bertz CT molecular complexity index is 497. The molecular formula is C13H14BrNO4. The smallest absolute Gasteiger partial charge is 0.339 e. The number of methoxy groups -OCH3 is 1. The van der Waals surface area contributed by atoms with Crippen LogP contribution in [0.2, 0.25) is 0 Å². The summed E-state index contributed by atoms with van der Waals surface area (Å²) in [6, 6.07) is 4.86. The van der Waals surface area contributed by atoms with Crippen LogP contribution in [0.1, 0.15) is 20.7 Å². The number of benzene rings is 1. The van der Waals surface area contributed by atoms with Gasteiger partial charge in [0, 0.05) is 23.1 Å². The van der Waals surface area contributed by atoms with Crippen molar-refractivity contribution in [1.29, 1.82) is 0 Å². The molecule has 0 radical (unpaired) electrons. The highest BCUT2D eigenvalue weighted by Crippen LogP contribution is 2.20. The zero-order valence-corrected chi connectivity index (χ0v) is 12.1. The third-order valence-electron chi connectivity index (χ3n) is 2.92. The first-order valence-corrected chi connectivity index (χ1v) is 6.67. The molecule has 6 heteroatoms. The van der Waals surface area contributed by atoms with Gasteiger partial charge in [-0.2, -0.15) is 0 Å². The average molecular weight is 328 g/mol. The van der Waals surface area contributed by atoms with Gasteiger partial charge >= 0.3 is 5.97 Å². The van der Waals surface area contributed by atoms with Crippen molar-refractivity contribution in [3.63, 3.8) is 0 Å². The standard InChI is InChI=1S/C13H14BrNO4/c1-18-13(17)10-3-2-9(8-11(10)14)12(16)15-4-6-19-7-5-15/h2-3,8H,4-7H2,1H3. The molecule has 0 spiro atoms. The summed E-state index contributed by atoms with van der Waals surface area (Å²) in [5, 5.41) is 0. The fourth-order valence-electron chi connectivity index (χ4n) is 1.87. The number of rotatable bonds is 2. The van der Waals surface area contributed by atoms with Crippen LogP contribution in [0.15, 0.2) is 22.7 Å². The average Bonchev–Trinajstić information content (AvgIpc) is 2.46. The topological polar surface area (TPSA) is 55.8 Å². The molecule has 5 nitrogen and oxygen atoms in total. The van der Waals surface area contributed by atoms with Crippen LogP contribution >= 0.6 is 15.9 Å². The van der Waals surface area contributed by atoms with E-state index in [0.717, 1.165) is 0 Å². The number of esters is 1. The van der Waals surface area contributed by atoms with E-state index in [4.69, 9.17) is 4.74 Å². The maximum Gasteiger partial charge on any atom is 0.339 e. The Morgan fingerprint density at radius 1 is 1.32 bits per heavy atom. The van der Waals surface area contributed by atoms with Gasteiger partial charge in [0.2, 0.25) is 0 Å². The molecule has 1 amide bonds. The van der Waals surface area contributed by atoms with Crippen molar-refractivity contribution in [1.82, 2.24) is 4.90 Å². The quantitative estimate of drug-likeness (QED) is 0.776. The highest BCUT2D eigenvalue weighted by Gasteiger charge is 2.20. The summed E-state index contributed by atoms with van der Waals surface area (Å²) in [5.74, 6) is -0.488. The molecule has 2 rings (SSSR count). The third kappa shape index (κ3) is 3.13. The van der Waals surface area contributed by atoms with Crippen molar-refractivity contribution in [2.45, 2.75) is 0 Å². The van der Waals surface area contributed by atoms with Gasteiger partial charge in [-0.15, -0.1) is 0 Å². The summed E-state index contributed by atoms with van der Waals surface area (Å²) in [6.07, 6.45) is 0. The minimum Gasteiger partial charge on any atom is -0.465 e. The van der Waals surface area contributed by atoms with Crippen LogP contribution in [-0.4, -0.2) is 50.2 Å². The van der Waals surface area contributed by atoms with Crippen molar-refractivity contribution < 1.29 is 19.1 Å². The number of amides is 1. The molecule has 102 valence electrons. The lowest BCUT2D eigenvalue weighted by Crippen LogP contribution is -2.40. The van der Waals surface area contributed by atoms with Crippen LogP contribution in [0.3, 0.4) is 0 Å². The monoisotopic (exact) mass is 327 g/mol. The summed E-state index contributed by atoms with van der Waals surface area (Å²) < 4.78 is 10.4. The molecular weight excluding hydrogens is 314 g/mol.